The lowest BCUT2D eigenvalue weighted by atomic mass is 10.1. The summed E-state index contributed by atoms with van der Waals surface area (Å²) in [7, 11) is 1.55. The number of carbonyl (C=O) groups is 1. The van der Waals surface area contributed by atoms with Gasteiger partial charge in [0.05, 0.1) is 12.8 Å². The Morgan fingerprint density at radius 1 is 1.45 bits per heavy atom. The number of nitrogens with zero attached hydrogens (tertiary/aromatic N) is 2. The third-order valence-electron chi connectivity index (χ3n) is 2.69. The number of methoxy groups -OCH3 is 1. The van der Waals surface area contributed by atoms with Crippen LogP contribution in [0.2, 0.25) is 0 Å². The van der Waals surface area contributed by atoms with Crippen LogP contribution in [0.1, 0.15) is 29.2 Å². The topological polar surface area (TPSA) is 72.3 Å². The molecule has 0 atom stereocenters. The average molecular weight is 292 g/mol. The fourth-order valence-electron chi connectivity index (χ4n) is 1.79. The SMILES string of the molecule is COc1ccc(-c2nc(CC(C)C)c(C(=O)O)s2)cn1. The Kier molecular flexibility index (Phi) is 4.34. The van der Waals surface area contributed by atoms with E-state index in [-0.39, 0.29) is 0 Å². The van der Waals surface area contributed by atoms with Crippen LogP contribution >= 0.6 is 11.3 Å². The second-order valence-corrected chi connectivity index (χ2v) is 5.79. The first-order valence-electron chi connectivity index (χ1n) is 6.24. The zero-order valence-electron chi connectivity index (χ0n) is 11.6. The normalized spacial score (nSPS) is 10.8. The summed E-state index contributed by atoms with van der Waals surface area (Å²) in [5.74, 6) is -0.0471. The van der Waals surface area contributed by atoms with Gasteiger partial charge in [0.15, 0.2) is 0 Å². The molecule has 0 fully saturated rings. The van der Waals surface area contributed by atoms with Crippen LogP contribution in [0.3, 0.4) is 0 Å². The van der Waals surface area contributed by atoms with Gasteiger partial charge in [0.2, 0.25) is 5.88 Å². The van der Waals surface area contributed by atoms with E-state index >= 15 is 0 Å². The number of pyridine rings is 1. The zero-order valence-corrected chi connectivity index (χ0v) is 12.4. The van der Waals surface area contributed by atoms with E-state index in [1.807, 2.05) is 19.9 Å². The average Bonchev–Trinajstić information content (AvgIpc) is 2.82. The first-order valence-corrected chi connectivity index (χ1v) is 7.06. The third kappa shape index (κ3) is 3.14. The first-order chi connectivity index (χ1) is 9.51. The van der Waals surface area contributed by atoms with Gasteiger partial charge in [-0.15, -0.1) is 11.3 Å². The van der Waals surface area contributed by atoms with Gasteiger partial charge >= 0.3 is 5.97 Å². The van der Waals surface area contributed by atoms with E-state index < -0.39 is 5.97 Å². The number of aromatic carboxylic acids is 1. The molecule has 6 heteroatoms. The molecule has 1 N–H and O–H groups in total. The van der Waals surface area contributed by atoms with Crippen molar-refractivity contribution in [1.29, 1.82) is 0 Å². The van der Waals surface area contributed by atoms with E-state index in [2.05, 4.69) is 9.97 Å². The van der Waals surface area contributed by atoms with E-state index in [1.54, 1.807) is 19.4 Å². The predicted octanol–water partition coefficient (Wildman–Crippen LogP) is 3.11. The van der Waals surface area contributed by atoms with Gasteiger partial charge in [-0.25, -0.2) is 14.8 Å². The van der Waals surface area contributed by atoms with Crippen LogP contribution in [-0.2, 0) is 6.42 Å². The van der Waals surface area contributed by atoms with Crippen molar-refractivity contribution in [2.75, 3.05) is 7.11 Å². The fraction of sp³-hybridized carbons (Fsp3) is 0.357. The van der Waals surface area contributed by atoms with Gasteiger partial charge in [0, 0.05) is 17.8 Å². The maximum Gasteiger partial charge on any atom is 0.347 e. The van der Waals surface area contributed by atoms with Crippen molar-refractivity contribution in [3.8, 4) is 16.5 Å². The molecule has 2 aromatic rings. The Morgan fingerprint density at radius 2 is 2.20 bits per heavy atom. The van der Waals surface area contributed by atoms with E-state index in [1.165, 1.54) is 11.3 Å². The lowest BCUT2D eigenvalue weighted by Crippen LogP contribution is -2.02. The minimum absolute atomic E-state index is 0.310. The predicted molar refractivity (Wildman–Crippen MR) is 77.4 cm³/mol. The minimum atomic E-state index is -0.925. The minimum Gasteiger partial charge on any atom is -0.481 e. The Labute approximate surface area is 121 Å². The highest BCUT2D eigenvalue weighted by Gasteiger charge is 2.19. The van der Waals surface area contributed by atoms with Crippen LogP contribution in [0, 0.1) is 5.92 Å². The van der Waals surface area contributed by atoms with Gasteiger partial charge in [0.25, 0.3) is 0 Å². The molecule has 0 saturated carbocycles. The molecule has 0 aliphatic carbocycles. The Bertz CT molecular complexity index is 605. The highest BCUT2D eigenvalue weighted by molar-refractivity contribution is 7.17. The van der Waals surface area contributed by atoms with E-state index in [0.29, 0.717) is 33.8 Å². The summed E-state index contributed by atoms with van der Waals surface area (Å²) in [5.41, 5.74) is 1.44. The second kappa shape index (κ2) is 6.00. The quantitative estimate of drug-likeness (QED) is 0.916. The molecule has 2 rings (SSSR count). The van der Waals surface area contributed by atoms with Gasteiger partial charge in [-0.1, -0.05) is 13.8 Å². The van der Waals surface area contributed by atoms with E-state index in [9.17, 15) is 9.90 Å². The second-order valence-electron chi connectivity index (χ2n) is 4.79. The maximum absolute atomic E-state index is 11.3. The fourth-order valence-corrected chi connectivity index (χ4v) is 2.72. The number of aromatic nitrogens is 2. The Hall–Kier alpha value is -1.95. The monoisotopic (exact) mass is 292 g/mol. The summed E-state index contributed by atoms with van der Waals surface area (Å²) in [6.07, 6.45) is 2.30. The van der Waals surface area contributed by atoms with E-state index in [4.69, 9.17) is 4.74 Å². The molecule has 0 amide bonds. The molecule has 0 unspecified atom stereocenters. The number of thiazole rings is 1. The molecule has 2 aromatic heterocycles. The number of rotatable bonds is 5. The zero-order chi connectivity index (χ0) is 14.7. The lowest BCUT2D eigenvalue weighted by molar-refractivity contribution is 0.0700. The largest absolute Gasteiger partial charge is 0.481 e. The molecular formula is C14H16N2O3S. The molecule has 2 heterocycles. The summed E-state index contributed by atoms with van der Waals surface area (Å²) in [6, 6.07) is 3.56. The van der Waals surface area contributed by atoms with Gasteiger partial charge in [-0.3, -0.25) is 0 Å². The van der Waals surface area contributed by atoms with Crippen LogP contribution in [-0.4, -0.2) is 28.2 Å². The molecule has 0 aliphatic heterocycles. The van der Waals surface area contributed by atoms with Crippen molar-refractivity contribution >= 4 is 17.3 Å². The molecule has 0 radical (unpaired) electrons. The molecule has 0 spiro atoms. The van der Waals surface area contributed by atoms with Crippen molar-refractivity contribution in [1.82, 2.24) is 9.97 Å². The molecule has 0 bridgehead atoms. The smallest absolute Gasteiger partial charge is 0.347 e. The Morgan fingerprint density at radius 3 is 2.70 bits per heavy atom. The van der Waals surface area contributed by atoms with Crippen LogP contribution in [0.4, 0.5) is 0 Å². The highest BCUT2D eigenvalue weighted by Crippen LogP contribution is 2.29. The van der Waals surface area contributed by atoms with Gasteiger partial charge in [0.1, 0.15) is 9.88 Å². The summed E-state index contributed by atoms with van der Waals surface area (Å²) < 4.78 is 5.00. The van der Waals surface area contributed by atoms with Gasteiger partial charge in [-0.05, 0) is 18.4 Å². The van der Waals surface area contributed by atoms with Crippen LogP contribution in [0.5, 0.6) is 5.88 Å². The van der Waals surface area contributed by atoms with Crippen LogP contribution < -0.4 is 4.74 Å². The molecule has 5 nitrogen and oxygen atoms in total. The van der Waals surface area contributed by atoms with Gasteiger partial charge < -0.3 is 9.84 Å². The first kappa shape index (κ1) is 14.5. The standard InChI is InChI=1S/C14H16N2O3S/c1-8(2)6-10-12(14(17)18)20-13(16-10)9-4-5-11(19-3)15-7-9/h4-5,7-8H,6H2,1-3H3,(H,17,18). The number of carboxylic acid groups (broad SMARTS) is 1. The molecule has 0 aliphatic rings. The summed E-state index contributed by atoms with van der Waals surface area (Å²) >= 11 is 1.18. The molecule has 106 valence electrons. The molecule has 0 aromatic carbocycles. The summed E-state index contributed by atoms with van der Waals surface area (Å²) in [4.78, 5) is 20.2. The van der Waals surface area contributed by atoms with Gasteiger partial charge in [-0.2, -0.15) is 0 Å². The number of hydrogen-bond donors (Lipinski definition) is 1. The lowest BCUT2D eigenvalue weighted by Gasteiger charge is -2.01. The summed E-state index contributed by atoms with van der Waals surface area (Å²) in [6.45, 7) is 4.08. The van der Waals surface area contributed by atoms with Crippen LogP contribution in [0.15, 0.2) is 18.3 Å². The Balaban J connectivity index is 2.38. The van der Waals surface area contributed by atoms with E-state index in [0.717, 1.165) is 5.56 Å². The summed E-state index contributed by atoms with van der Waals surface area (Å²) in [5, 5.41) is 9.93. The third-order valence-corrected chi connectivity index (χ3v) is 3.82. The van der Waals surface area contributed by atoms with Crippen molar-refractivity contribution in [2.45, 2.75) is 20.3 Å². The maximum atomic E-state index is 11.3. The van der Waals surface area contributed by atoms with Crippen LogP contribution in [0.25, 0.3) is 10.6 Å². The molecular weight excluding hydrogens is 276 g/mol. The number of hydrogen-bond acceptors (Lipinski definition) is 5. The highest BCUT2D eigenvalue weighted by atomic mass is 32.1. The number of ether oxygens (including phenoxy) is 1. The number of carboxylic acids is 1. The van der Waals surface area contributed by atoms with Crippen molar-refractivity contribution < 1.29 is 14.6 Å². The molecule has 20 heavy (non-hydrogen) atoms. The van der Waals surface area contributed by atoms with Crippen molar-refractivity contribution in [3.63, 3.8) is 0 Å². The molecule has 0 saturated heterocycles. The van der Waals surface area contributed by atoms with Crippen molar-refractivity contribution in [2.24, 2.45) is 5.92 Å². The van der Waals surface area contributed by atoms with Crippen molar-refractivity contribution in [3.05, 3.63) is 28.9 Å².